The third kappa shape index (κ3) is 3.79. The van der Waals surface area contributed by atoms with E-state index in [1.165, 1.54) is 0 Å². The molecule has 21 heavy (non-hydrogen) atoms. The van der Waals surface area contributed by atoms with Crippen molar-refractivity contribution in [3.8, 4) is 0 Å². The number of carbonyl (C=O) groups is 1. The average molecular weight is 290 g/mol. The molecular formula is C14H18N4O3. The van der Waals surface area contributed by atoms with Crippen molar-refractivity contribution in [2.75, 3.05) is 18.4 Å². The number of hydrogen-bond donors (Lipinski definition) is 4. The molecule has 2 aromatic rings. The fourth-order valence-corrected chi connectivity index (χ4v) is 1.89. The van der Waals surface area contributed by atoms with Crippen molar-refractivity contribution in [2.45, 2.75) is 19.4 Å². The van der Waals surface area contributed by atoms with Gasteiger partial charge in [0.2, 0.25) is 5.91 Å². The molecule has 0 radical (unpaired) electrons. The molecule has 1 aromatic carbocycles. The first-order chi connectivity index (χ1) is 10.1. The number of rotatable bonds is 6. The Bertz CT molecular complexity index is 683. The molecule has 1 aromatic heterocycles. The molecule has 0 saturated carbocycles. The maximum atomic E-state index is 11.6. The van der Waals surface area contributed by atoms with Gasteiger partial charge in [0.1, 0.15) is 0 Å². The summed E-state index contributed by atoms with van der Waals surface area (Å²) in [6.07, 6.45) is -0.361. The first-order valence-corrected chi connectivity index (χ1v) is 6.78. The van der Waals surface area contributed by atoms with Crippen LogP contribution in [0, 0.1) is 0 Å². The van der Waals surface area contributed by atoms with Gasteiger partial charge in [-0.1, -0.05) is 25.1 Å². The van der Waals surface area contributed by atoms with E-state index in [1.54, 1.807) is 25.1 Å². The number of benzene rings is 1. The first-order valence-electron chi connectivity index (χ1n) is 6.78. The maximum Gasteiger partial charge on any atom is 0.272 e. The van der Waals surface area contributed by atoms with Crippen molar-refractivity contribution in [1.82, 2.24) is 15.5 Å². The van der Waals surface area contributed by atoms with E-state index in [0.29, 0.717) is 23.0 Å². The number of nitrogens with one attached hydrogen (secondary N) is 3. The second kappa shape index (κ2) is 6.85. The number of amides is 1. The first kappa shape index (κ1) is 15.0. The second-order valence-corrected chi connectivity index (χ2v) is 4.64. The number of fused-ring (bicyclic) bond motifs is 1. The Morgan fingerprint density at radius 2 is 2.05 bits per heavy atom. The minimum atomic E-state index is -0.743. The van der Waals surface area contributed by atoms with Crippen LogP contribution in [0.25, 0.3) is 10.8 Å². The van der Waals surface area contributed by atoms with Crippen LogP contribution in [0.2, 0.25) is 0 Å². The van der Waals surface area contributed by atoms with E-state index in [9.17, 15) is 14.7 Å². The molecular weight excluding hydrogens is 272 g/mol. The quantitative estimate of drug-likeness (QED) is 0.609. The van der Waals surface area contributed by atoms with E-state index >= 15 is 0 Å². The van der Waals surface area contributed by atoms with E-state index in [4.69, 9.17) is 0 Å². The summed E-state index contributed by atoms with van der Waals surface area (Å²) in [7, 11) is 0. The second-order valence-electron chi connectivity index (χ2n) is 4.64. The summed E-state index contributed by atoms with van der Waals surface area (Å²) in [5.41, 5.74) is -0.257. The third-order valence-electron chi connectivity index (χ3n) is 3.06. The predicted octanol–water partition coefficient (Wildman–Crippen LogP) is 0.222. The summed E-state index contributed by atoms with van der Waals surface area (Å²) in [6, 6.07) is 7.08. The Hall–Kier alpha value is -2.41. The largest absolute Gasteiger partial charge is 0.389 e. The summed E-state index contributed by atoms with van der Waals surface area (Å²) in [5.74, 6) is 0.382. The van der Waals surface area contributed by atoms with E-state index < -0.39 is 6.10 Å². The minimum absolute atomic E-state index is 0.110. The van der Waals surface area contributed by atoms with Crippen LogP contribution in [-0.4, -0.2) is 40.4 Å². The summed E-state index contributed by atoms with van der Waals surface area (Å²) in [6.45, 7) is 2.13. The van der Waals surface area contributed by atoms with Gasteiger partial charge in [0.25, 0.3) is 5.56 Å². The van der Waals surface area contributed by atoms with Crippen LogP contribution >= 0.6 is 0 Å². The fourth-order valence-electron chi connectivity index (χ4n) is 1.89. The molecule has 4 N–H and O–H groups in total. The van der Waals surface area contributed by atoms with Gasteiger partial charge in [0, 0.05) is 24.9 Å². The maximum absolute atomic E-state index is 11.6. The number of aliphatic hydroxyl groups excluding tert-OH is 1. The van der Waals surface area contributed by atoms with E-state index in [-0.39, 0.29) is 24.6 Å². The number of nitrogens with zero attached hydrogens (tertiary/aromatic N) is 1. The van der Waals surface area contributed by atoms with Gasteiger partial charge in [-0.05, 0) is 6.07 Å². The van der Waals surface area contributed by atoms with Gasteiger partial charge in [0.15, 0.2) is 5.82 Å². The van der Waals surface area contributed by atoms with Crippen LogP contribution in [0.5, 0.6) is 0 Å². The smallest absolute Gasteiger partial charge is 0.272 e. The van der Waals surface area contributed by atoms with Crippen LogP contribution in [0.4, 0.5) is 5.82 Å². The number of aromatic amines is 1. The highest BCUT2D eigenvalue weighted by Gasteiger charge is 2.09. The highest BCUT2D eigenvalue weighted by atomic mass is 16.3. The Morgan fingerprint density at radius 1 is 1.33 bits per heavy atom. The SMILES string of the molecule is CCC(=O)NCC(O)CNc1n[nH]c(=O)c2ccccc12. The zero-order valence-corrected chi connectivity index (χ0v) is 11.7. The van der Waals surface area contributed by atoms with Crippen LogP contribution in [0.1, 0.15) is 13.3 Å². The zero-order valence-electron chi connectivity index (χ0n) is 11.7. The Balaban J connectivity index is 2.02. The molecule has 1 amide bonds. The summed E-state index contributed by atoms with van der Waals surface area (Å²) < 4.78 is 0. The average Bonchev–Trinajstić information content (AvgIpc) is 2.52. The van der Waals surface area contributed by atoms with Crippen molar-refractivity contribution in [3.63, 3.8) is 0 Å². The lowest BCUT2D eigenvalue weighted by molar-refractivity contribution is -0.121. The molecule has 1 atom stereocenters. The lowest BCUT2D eigenvalue weighted by atomic mass is 10.2. The normalized spacial score (nSPS) is 12.1. The molecule has 0 fully saturated rings. The van der Waals surface area contributed by atoms with Crippen LogP contribution in [0.3, 0.4) is 0 Å². The number of H-pyrrole nitrogens is 1. The van der Waals surface area contributed by atoms with Gasteiger partial charge in [-0.25, -0.2) is 5.10 Å². The Labute approximate surface area is 121 Å². The molecule has 0 spiro atoms. The number of anilines is 1. The number of hydrogen-bond acceptors (Lipinski definition) is 5. The van der Waals surface area contributed by atoms with Gasteiger partial charge in [-0.15, -0.1) is 0 Å². The standard InChI is InChI=1S/C14H18N4O3/c1-2-12(20)15-7-9(19)8-16-13-10-5-3-4-6-11(10)14(21)18-17-13/h3-6,9,19H,2,7-8H2,1H3,(H,15,20)(H,16,17)(H,18,21). The van der Waals surface area contributed by atoms with Gasteiger partial charge in [-0.2, -0.15) is 5.10 Å². The van der Waals surface area contributed by atoms with Gasteiger partial charge in [-0.3, -0.25) is 9.59 Å². The Kier molecular flexibility index (Phi) is 4.89. The summed E-state index contributed by atoms with van der Waals surface area (Å²) in [4.78, 5) is 22.7. The van der Waals surface area contributed by atoms with Gasteiger partial charge < -0.3 is 15.7 Å². The molecule has 112 valence electrons. The number of aromatic nitrogens is 2. The van der Waals surface area contributed by atoms with Crippen LogP contribution in [0.15, 0.2) is 29.1 Å². The highest BCUT2D eigenvalue weighted by Crippen LogP contribution is 2.16. The molecule has 0 aliphatic heterocycles. The monoisotopic (exact) mass is 290 g/mol. The topological polar surface area (TPSA) is 107 Å². The minimum Gasteiger partial charge on any atom is -0.389 e. The number of aliphatic hydroxyl groups is 1. The molecule has 1 unspecified atom stereocenters. The van der Waals surface area contributed by atoms with Crippen molar-refractivity contribution >= 4 is 22.5 Å². The van der Waals surface area contributed by atoms with E-state index in [1.807, 2.05) is 6.07 Å². The van der Waals surface area contributed by atoms with E-state index in [2.05, 4.69) is 20.8 Å². The molecule has 0 bridgehead atoms. The summed E-state index contributed by atoms with van der Waals surface area (Å²) in [5, 5.41) is 23.0. The highest BCUT2D eigenvalue weighted by molar-refractivity contribution is 5.90. The van der Waals surface area contributed by atoms with Gasteiger partial charge >= 0.3 is 0 Å². The van der Waals surface area contributed by atoms with Crippen molar-refractivity contribution < 1.29 is 9.90 Å². The lowest BCUT2D eigenvalue weighted by Gasteiger charge is -2.13. The molecule has 7 heteroatoms. The van der Waals surface area contributed by atoms with Crippen LogP contribution < -0.4 is 16.2 Å². The molecule has 2 rings (SSSR count). The Morgan fingerprint density at radius 3 is 2.76 bits per heavy atom. The fraction of sp³-hybridized carbons (Fsp3) is 0.357. The molecule has 1 heterocycles. The van der Waals surface area contributed by atoms with Crippen molar-refractivity contribution in [3.05, 3.63) is 34.6 Å². The van der Waals surface area contributed by atoms with E-state index in [0.717, 1.165) is 0 Å². The zero-order chi connectivity index (χ0) is 15.2. The van der Waals surface area contributed by atoms with Crippen molar-refractivity contribution in [2.24, 2.45) is 0 Å². The molecule has 7 nitrogen and oxygen atoms in total. The molecule has 0 aliphatic carbocycles. The molecule has 0 aliphatic rings. The van der Waals surface area contributed by atoms with Gasteiger partial charge in [0.05, 0.1) is 11.5 Å². The third-order valence-corrected chi connectivity index (χ3v) is 3.06. The van der Waals surface area contributed by atoms with Crippen molar-refractivity contribution in [1.29, 1.82) is 0 Å². The lowest BCUT2D eigenvalue weighted by Crippen LogP contribution is -2.35. The number of carbonyl (C=O) groups excluding carboxylic acids is 1. The predicted molar refractivity (Wildman–Crippen MR) is 80.2 cm³/mol. The summed E-state index contributed by atoms with van der Waals surface area (Å²) >= 11 is 0. The van der Waals surface area contributed by atoms with Crippen LogP contribution in [-0.2, 0) is 4.79 Å². The molecule has 0 saturated heterocycles.